The lowest BCUT2D eigenvalue weighted by Gasteiger charge is -2.19. The number of ether oxygens (including phenoxy) is 2. The van der Waals surface area contributed by atoms with Gasteiger partial charge in [-0.2, -0.15) is 0 Å². The third kappa shape index (κ3) is 44.7. The standard InChI is InChI=1S/C50H86NO8P/c1-3-5-7-9-11-13-15-16-17-18-19-20-21-22-23-24-25-26-27-28-29-30-31-32-33-35-37-39-41-43-50(53)59-48(47-58-60(54,55)57-45-44-51)46-56-49(52)42-40-38-36-34-14-12-10-8-6-4-2/h5,7-8,10-11,13,16-17,19-20,22-23,25-26,48H,3-4,6,9,12,14-15,18,21,24,27-47,51H2,1-2H3,(H,54,55)/b7-5-,10-8-,13-11-,17-16-,20-19-,23-22-,26-25-. The predicted octanol–water partition coefficient (Wildman–Crippen LogP) is 14.0. The van der Waals surface area contributed by atoms with E-state index in [1.165, 1.54) is 44.9 Å². The Balaban J connectivity index is 4.02. The highest BCUT2D eigenvalue weighted by Crippen LogP contribution is 2.43. The van der Waals surface area contributed by atoms with Crippen LogP contribution in [-0.4, -0.2) is 49.3 Å². The van der Waals surface area contributed by atoms with Crippen molar-refractivity contribution in [1.29, 1.82) is 0 Å². The van der Waals surface area contributed by atoms with Gasteiger partial charge in [-0.15, -0.1) is 0 Å². The van der Waals surface area contributed by atoms with Crippen molar-refractivity contribution in [2.75, 3.05) is 26.4 Å². The SMILES string of the molecule is CC/C=C\C/C=C\C/C=C\C/C=C\C/C=C\C/C=C\CCCCCCCCCCCCC(=O)OC(COC(=O)CCCCCCC/C=C\CCC)COP(=O)(O)OCCN. The van der Waals surface area contributed by atoms with Crippen LogP contribution in [-0.2, 0) is 32.7 Å². The number of phosphoric acid groups is 1. The molecule has 0 saturated heterocycles. The number of unbranched alkanes of at least 4 members (excludes halogenated alkanes) is 16. The molecule has 0 aromatic heterocycles. The number of phosphoric ester groups is 1. The summed E-state index contributed by atoms with van der Waals surface area (Å²) < 4.78 is 32.8. The van der Waals surface area contributed by atoms with Crippen LogP contribution < -0.4 is 5.73 Å². The van der Waals surface area contributed by atoms with Gasteiger partial charge in [0.2, 0.25) is 0 Å². The lowest BCUT2D eigenvalue weighted by Crippen LogP contribution is -2.29. The minimum absolute atomic E-state index is 0.0479. The Hall–Kier alpha value is -2.81. The van der Waals surface area contributed by atoms with Gasteiger partial charge >= 0.3 is 19.8 Å². The van der Waals surface area contributed by atoms with Crippen LogP contribution in [0.4, 0.5) is 0 Å². The fourth-order valence-corrected chi connectivity index (χ4v) is 6.82. The molecule has 2 atom stereocenters. The maximum atomic E-state index is 12.6. The topological polar surface area (TPSA) is 134 Å². The second-order valence-electron chi connectivity index (χ2n) is 15.2. The quantitative estimate of drug-likeness (QED) is 0.0266. The molecule has 2 unspecified atom stereocenters. The number of hydrogen-bond donors (Lipinski definition) is 2. The predicted molar refractivity (Wildman–Crippen MR) is 252 cm³/mol. The van der Waals surface area contributed by atoms with Gasteiger partial charge in [-0.25, -0.2) is 4.57 Å². The molecule has 0 rings (SSSR count). The highest BCUT2D eigenvalue weighted by Gasteiger charge is 2.26. The van der Waals surface area contributed by atoms with Crippen molar-refractivity contribution in [3.05, 3.63) is 85.1 Å². The van der Waals surface area contributed by atoms with Crippen molar-refractivity contribution < 1.29 is 37.6 Å². The third-order valence-electron chi connectivity index (χ3n) is 9.50. The summed E-state index contributed by atoms with van der Waals surface area (Å²) in [6.45, 7) is 3.52. The summed E-state index contributed by atoms with van der Waals surface area (Å²) >= 11 is 0. The lowest BCUT2D eigenvalue weighted by molar-refractivity contribution is -0.161. The van der Waals surface area contributed by atoms with E-state index in [0.717, 1.165) is 109 Å². The molecule has 0 bridgehead atoms. The van der Waals surface area contributed by atoms with Crippen molar-refractivity contribution in [3.63, 3.8) is 0 Å². The lowest BCUT2D eigenvalue weighted by atomic mass is 10.0. The Kier molecular flexibility index (Phi) is 43.6. The fraction of sp³-hybridized carbons (Fsp3) is 0.680. The van der Waals surface area contributed by atoms with Crippen LogP contribution in [0.15, 0.2) is 85.1 Å². The Morgan fingerprint density at radius 1 is 0.517 bits per heavy atom. The van der Waals surface area contributed by atoms with Crippen molar-refractivity contribution in [1.82, 2.24) is 0 Å². The first-order valence-electron chi connectivity index (χ1n) is 23.6. The van der Waals surface area contributed by atoms with Gasteiger partial charge in [-0.05, 0) is 83.5 Å². The minimum Gasteiger partial charge on any atom is -0.462 e. The number of carbonyl (C=O) groups excluding carboxylic acids is 2. The van der Waals surface area contributed by atoms with E-state index in [0.29, 0.717) is 6.42 Å². The van der Waals surface area contributed by atoms with Gasteiger partial charge in [0.05, 0.1) is 13.2 Å². The summed E-state index contributed by atoms with van der Waals surface area (Å²) in [6.07, 6.45) is 57.7. The molecule has 0 aliphatic carbocycles. The van der Waals surface area contributed by atoms with Gasteiger partial charge in [0.25, 0.3) is 0 Å². The normalized spacial score (nSPS) is 14.0. The number of nitrogens with two attached hydrogens (primary N) is 1. The van der Waals surface area contributed by atoms with Gasteiger partial charge in [-0.1, -0.05) is 176 Å². The molecule has 0 fully saturated rings. The molecule has 0 radical (unpaired) electrons. The van der Waals surface area contributed by atoms with Crippen LogP contribution in [0.2, 0.25) is 0 Å². The van der Waals surface area contributed by atoms with E-state index in [2.05, 4.69) is 98.9 Å². The van der Waals surface area contributed by atoms with Gasteiger partial charge < -0.3 is 20.1 Å². The molecular formula is C50H86NO8P. The summed E-state index contributed by atoms with van der Waals surface area (Å²) in [7, 11) is -4.38. The van der Waals surface area contributed by atoms with E-state index in [1.807, 2.05) is 0 Å². The zero-order valence-corrected chi connectivity index (χ0v) is 38.8. The van der Waals surface area contributed by atoms with Gasteiger partial charge in [-0.3, -0.25) is 18.6 Å². The Bertz CT molecular complexity index is 1250. The van der Waals surface area contributed by atoms with Gasteiger partial charge in [0.15, 0.2) is 6.10 Å². The van der Waals surface area contributed by atoms with E-state index in [1.54, 1.807) is 0 Å². The summed E-state index contributed by atoms with van der Waals surface area (Å²) in [6, 6.07) is 0. The molecule has 3 N–H and O–H groups in total. The zero-order valence-electron chi connectivity index (χ0n) is 37.9. The molecular weight excluding hydrogens is 774 g/mol. The van der Waals surface area contributed by atoms with Gasteiger partial charge in [0.1, 0.15) is 6.61 Å². The van der Waals surface area contributed by atoms with Crippen molar-refractivity contribution >= 4 is 19.8 Å². The maximum absolute atomic E-state index is 12.6. The molecule has 0 aliphatic rings. The van der Waals surface area contributed by atoms with Crippen LogP contribution in [0, 0.1) is 0 Å². The maximum Gasteiger partial charge on any atom is 0.472 e. The van der Waals surface area contributed by atoms with Gasteiger partial charge in [0, 0.05) is 19.4 Å². The summed E-state index contributed by atoms with van der Waals surface area (Å²) in [5.41, 5.74) is 5.35. The monoisotopic (exact) mass is 860 g/mol. The van der Waals surface area contributed by atoms with Crippen LogP contribution in [0.3, 0.4) is 0 Å². The molecule has 0 aromatic rings. The van der Waals surface area contributed by atoms with E-state index in [-0.39, 0.29) is 32.6 Å². The third-order valence-corrected chi connectivity index (χ3v) is 10.5. The number of rotatable bonds is 43. The van der Waals surface area contributed by atoms with E-state index in [4.69, 9.17) is 24.3 Å². The average Bonchev–Trinajstić information content (AvgIpc) is 3.24. The van der Waals surface area contributed by atoms with E-state index in [9.17, 15) is 19.0 Å². The van der Waals surface area contributed by atoms with E-state index >= 15 is 0 Å². The summed E-state index contributed by atoms with van der Waals surface area (Å²) in [4.78, 5) is 34.8. The molecule has 9 nitrogen and oxygen atoms in total. The zero-order chi connectivity index (χ0) is 43.9. The second-order valence-corrected chi connectivity index (χ2v) is 16.7. The molecule has 0 saturated carbocycles. The van der Waals surface area contributed by atoms with E-state index < -0.39 is 32.5 Å². The molecule has 0 aromatic carbocycles. The Labute approximate surface area is 366 Å². The molecule has 60 heavy (non-hydrogen) atoms. The number of esters is 2. The largest absolute Gasteiger partial charge is 0.472 e. The Morgan fingerprint density at radius 2 is 0.917 bits per heavy atom. The second kappa shape index (κ2) is 45.7. The van der Waals surface area contributed by atoms with Crippen molar-refractivity contribution in [2.45, 2.75) is 193 Å². The Morgan fingerprint density at radius 3 is 1.38 bits per heavy atom. The molecule has 344 valence electrons. The highest BCUT2D eigenvalue weighted by atomic mass is 31.2. The molecule has 0 amide bonds. The van der Waals surface area contributed by atoms with Crippen LogP contribution >= 0.6 is 7.82 Å². The fourth-order valence-electron chi connectivity index (χ4n) is 6.05. The first-order chi connectivity index (χ1) is 29.3. The highest BCUT2D eigenvalue weighted by molar-refractivity contribution is 7.47. The van der Waals surface area contributed by atoms with Crippen molar-refractivity contribution in [2.24, 2.45) is 5.73 Å². The number of hydrogen-bond acceptors (Lipinski definition) is 8. The summed E-state index contributed by atoms with van der Waals surface area (Å²) in [5, 5.41) is 0. The van der Waals surface area contributed by atoms with Crippen LogP contribution in [0.5, 0.6) is 0 Å². The first-order valence-corrected chi connectivity index (χ1v) is 25.1. The summed E-state index contributed by atoms with van der Waals surface area (Å²) in [5.74, 6) is -0.852. The number of allylic oxidation sites excluding steroid dienone is 14. The molecule has 0 spiro atoms. The molecule has 10 heteroatoms. The molecule has 0 heterocycles. The first kappa shape index (κ1) is 57.2. The minimum atomic E-state index is -4.38. The smallest absolute Gasteiger partial charge is 0.462 e. The molecule has 0 aliphatic heterocycles. The van der Waals surface area contributed by atoms with Crippen molar-refractivity contribution in [3.8, 4) is 0 Å². The van der Waals surface area contributed by atoms with Crippen LogP contribution in [0.1, 0.15) is 187 Å². The average molecular weight is 860 g/mol. The number of carbonyl (C=O) groups is 2. The van der Waals surface area contributed by atoms with Crippen LogP contribution in [0.25, 0.3) is 0 Å².